The molecule has 2 N–H and O–H groups in total. The van der Waals surface area contributed by atoms with E-state index in [0.29, 0.717) is 5.02 Å². The van der Waals surface area contributed by atoms with Gasteiger partial charge in [-0.05, 0) is 56.7 Å². The Balaban J connectivity index is 1.78. The lowest BCUT2D eigenvalue weighted by Crippen LogP contribution is -2.24. The van der Waals surface area contributed by atoms with Gasteiger partial charge < -0.3 is 14.6 Å². The predicted molar refractivity (Wildman–Crippen MR) is 118 cm³/mol. The number of nitrogens with one attached hydrogen (secondary N) is 2. The van der Waals surface area contributed by atoms with Crippen molar-refractivity contribution in [2.45, 2.75) is 20.8 Å². The normalized spacial score (nSPS) is 10.9. The van der Waals surface area contributed by atoms with Crippen LogP contribution in [0, 0.1) is 20.8 Å². The number of benzene rings is 2. The van der Waals surface area contributed by atoms with E-state index in [4.69, 9.17) is 16.3 Å². The van der Waals surface area contributed by atoms with E-state index in [-0.39, 0.29) is 0 Å². The highest BCUT2D eigenvalue weighted by atomic mass is 35.5. The maximum Gasteiger partial charge on any atom is 0.339 e. The Morgan fingerprint density at radius 3 is 2.62 bits per heavy atom. The van der Waals surface area contributed by atoms with Crippen molar-refractivity contribution in [3.8, 4) is 11.4 Å². The first-order valence-corrected chi connectivity index (χ1v) is 9.47. The molecule has 0 fully saturated rings. The van der Waals surface area contributed by atoms with Crippen LogP contribution in [0.15, 0.2) is 53.6 Å². The monoisotopic (exact) mass is 410 g/mol. The molecule has 0 radical (unpaired) electrons. The Kier molecular flexibility index (Phi) is 6.24. The Labute approximate surface area is 175 Å². The molecule has 0 saturated carbocycles. The molecule has 150 valence electrons. The van der Waals surface area contributed by atoms with E-state index in [2.05, 4.69) is 15.8 Å². The van der Waals surface area contributed by atoms with Crippen LogP contribution in [0.5, 0.6) is 5.75 Å². The quantitative estimate of drug-likeness (QED) is 0.447. The fourth-order valence-corrected chi connectivity index (χ4v) is 3.32. The molecule has 1 heterocycles. The molecular formula is C22H23ClN4O2. The van der Waals surface area contributed by atoms with Gasteiger partial charge in [0.15, 0.2) is 0 Å². The van der Waals surface area contributed by atoms with Gasteiger partial charge in [0.25, 0.3) is 0 Å². The van der Waals surface area contributed by atoms with Crippen LogP contribution in [0.25, 0.3) is 5.69 Å². The lowest BCUT2D eigenvalue weighted by atomic mass is 10.2. The van der Waals surface area contributed by atoms with Gasteiger partial charge >= 0.3 is 6.03 Å². The summed E-state index contributed by atoms with van der Waals surface area (Å²) in [5, 5.41) is 7.48. The van der Waals surface area contributed by atoms with E-state index in [1.165, 1.54) is 0 Å². The first kappa shape index (κ1) is 20.5. The second-order valence-corrected chi connectivity index (χ2v) is 7.05. The zero-order valence-electron chi connectivity index (χ0n) is 16.8. The molecule has 0 spiro atoms. The number of amides is 2. The molecule has 1 aromatic heterocycles. The summed E-state index contributed by atoms with van der Waals surface area (Å²) in [7, 11) is 1.63. The van der Waals surface area contributed by atoms with Crippen LogP contribution in [-0.4, -0.2) is 23.9 Å². The number of carbonyl (C=O) groups is 1. The maximum absolute atomic E-state index is 12.1. The number of para-hydroxylation sites is 1. The van der Waals surface area contributed by atoms with Gasteiger partial charge in [-0.3, -0.25) is 0 Å². The third-order valence-electron chi connectivity index (χ3n) is 4.62. The fraction of sp³-hybridized carbons (Fsp3) is 0.182. The summed E-state index contributed by atoms with van der Waals surface area (Å²) in [6, 6.07) is 14.6. The molecule has 0 bridgehead atoms. The summed E-state index contributed by atoms with van der Waals surface area (Å²) in [6.45, 7) is 5.89. The predicted octanol–water partition coefficient (Wildman–Crippen LogP) is 5.22. The van der Waals surface area contributed by atoms with Crippen LogP contribution in [0.3, 0.4) is 0 Å². The SMILES string of the molecule is COc1ccc(Cl)cc1-n1c(C)cc(C=NNC(=O)Nc2ccccc2C)c1C. The molecule has 29 heavy (non-hydrogen) atoms. The van der Waals surface area contributed by atoms with E-state index >= 15 is 0 Å². The summed E-state index contributed by atoms with van der Waals surface area (Å²) < 4.78 is 7.52. The van der Waals surface area contributed by atoms with Gasteiger partial charge in [-0.25, -0.2) is 10.2 Å². The Morgan fingerprint density at radius 1 is 1.14 bits per heavy atom. The molecular weight excluding hydrogens is 388 g/mol. The summed E-state index contributed by atoms with van der Waals surface area (Å²) in [5.74, 6) is 0.718. The number of aryl methyl sites for hydroxylation is 2. The highest BCUT2D eigenvalue weighted by molar-refractivity contribution is 6.30. The number of hydrogen-bond donors (Lipinski definition) is 2. The molecule has 0 aliphatic carbocycles. The van der Waals surface area contributed by atoms with Crippen molar-refractivity contribution in [2.24, 2.45) is 5.10 Å². The largest absolute Gasteiger partial charge is 0.495 e. The summed E-state index contributed by atoms with van der Waals surface area (Å²) in [4.78, 5) is 12.1. The molecule has 7 heteroatoms. The van der Waals surface area contributed by atoms with Gasteiger partial charge in [0.05, 0.1) is 19.0 Å². The van der Waals surface area contributed by atoms with Gasteiger partial charge in [0, 0.05) is 27.7 Å². The van der Waals surface area contributed by atoms with Crippen molar-refractivity contribution in [2.75, 3.05) is 12.4 Å². The number of aromatic nitrogens is 1. The third kappa shape index (κ3) is 4.60. The molecule has 0 unspecified atom stereocenters. The van der Waals surface area contributed by atoms with E-state index < -0.39 is 6.03 Å². The lowest BCUT2D eigenvalue weighted by molar-refractivity contribution is 0.252. The Hall–Kier alpha value is -3.25. The second-order valence-electron chi connectivity index (χ2n) is 6.62. The molecule has 6 nitrogen and oxygen atoms in total. The van der Waals surface area contributed by atoms with Crippen LogP contribution in [-0.2, 0) is 0 Å². The molecule has 2 aromatic carbocycles. The van der Waals surface area contributed by atoms with E-state index in [9.17, 15) is 4.79 Å². The molecule has 3 rings (SSSR count). The third-order valence-corrected chi connectivity index (χ3v) is 4.85. The fourth-order valence-electron chi connectivity index (χ4n) is 3.15. The van der Waals surface area contributed by atoms with Crippen molar-refractivity contribution >= 4 is 29.5 Å². The average Bonchev–Trinajstić information content (AvgIpc) is 2.97. The number of ether oxygens (including phenoxy) is 1. The van der Waals surface area contributed by atoms with Gasteiger partial charge in [0.1, 0.15) is 5.75 Å². The number of halogens is 1. The summed E-state index contributed by atoms with van der Waals surface area (Å²) in [6.07, 6.45) is 1.62. The van der Waals surface area contributed by atoms with Crippen molar-refractivity contribution in [1.29, 1.82) is 0 Å². The number of rotatable bonds is 5. The van der Waals surface area contributed by atoms with E-state index in [0.717, 1.165) is 39.6 Å². The van der Waals surface area contributed by atoms with Crippen LogP contribution < -0.4 is 15.5 Å². The number of hydrazone groups is 1. The lowest BCUT2D eigenvalue weighted by Gasteiger charge is -2.14. The molecule has 0 aliphatic heterocycles. The number of hydrogen-bond acceptors (Lipinski definition) is 3. The minimum Gasteiger partial charge on any atom is -0.495 e. The Bertz CT molecular complexity index is 1070. The number of urea groups is 1. The first-order chi connectivity index (χ1) is 13.9. The number of carbonyl (C=O) groups excluding carboxylic acids is 1. The molecule has 0 saturated heterocycles. The molecule has 0 atom stereocenters. The highest BCUT2D eigenvalue weighted by Crippen LogP contribution is 2.30. The summed E-state index contributed by atoms with van der Waals surface area (Å²) >= 11 is 6.18. The van der Waals surface area contributed by atoms with Crippen LogP contribution in [0.1, 0.15) is 22.5 Å². The zero-order valence-corrected chi connectivity index (χ0v) is 17.5. The van der Waals surface area contributed by atoms with Crippen molar-refractivity contribution in [3.05, 3.63) is 76.1 Å². The highest BCUT2D eigenvalue weighted by Gasteiger charge is 2.14. The van der Waals surface area contributed by atoms with E-state index in [1.807, 2.05) is 67.8 Å². The molecule has 0 aliphatic rings. The molecule has 3 aromatic rings. The average molecular weight is 411 g/mol. The van der Waals surface area contributed by atoms with Crippen molar-refractivity contribution in [3.63, 3.8) is 0 Å². The molecule has 2 amide bonds. The number of methoxy groups -OCH3 is 1. The van der Waals surface area contributed by atoms with Gasteiger partial charge in [0.2, 0.25) is 0 Å². The smallest absolute Gasteiger partial charge is 0.339 e. The topological polar surface area (TPSA) is 67.6 Å². The van der Waals surface area contributed by atoms with Crippen LogP contribution >= 0.6 is 11.6 Å². The maximum atomic E-state index is 12.1. The van der Waals surface area contributed by atoms with Crippen molar-refractivity contribution in [1.82, 2.24) is 9.99 Å². The minimum absolute atomic E-state index is 0.402. The van der Waals surface area contributed by atoms with Gasteiger partial charge in [-0.2, -0.15) is 5.10 Å². The summed E-state index contributed by atoms with van der Waals surface area (Å²) in [5.41, 5.74) is 7.89. The number of anilines is 1. The standard InChI is InChI=1S/C22H23ClN4O2/c1-14-7-5-6-8-19(14)25-22(28)26-24-13-17-11-15(2)27(16(17)3)20-12-18(23)9-10-21(20)29-4/h5-13H,1-4H3,(H2,25,26,28). The second kappa shape index (κ2) is 8.84. The number of nitrogens with zero attached hydrogens (tertiary/aromatic N) is 2. The van der Waals surface area contributed by atoms with Gasteiger partial charge in [-0.1, -0.05) is 29.8 Å². The van der Waals surface area contributed by atoms with Crippen LogP contribution in [0.4, 0.5) is 10.5 Å². The zero-order chi connectivity index (χ0) is 21.0. The van der Waals surface area contributed by atoms with Gasteiger partial charge in [-0.15, -0.1) is 0 Å². The van der Waals surface area contributed by atoms with Crippen LogP contribution in [0.2, 0.25) is 5.02 Å². The van der Waals surface area contributed by atoms with Crippen molar-refractivity contribution < 1.29 is 9.53 Å². The van der Waals surface area contributed by atoms with E-state index in [1.54, 1.807) is 19.4 Å². The minimum atomic E-state index is -0.402. The first-order valence-electron chi connectivity index (χ1n) is 9.09. The Morgan fingerprint density at radius 2 is 1.90 bits per heavy atom.